The third-order valence-corrected chi connectivity index (χ3v) is 6.10. The Morgan fingerprint density at radius 1 is 1.13 bits per heavy atom. The van der Waals surface area contributed by atoms with Crippen LogP contribution >= 0.6 is 24.0 Å². The van der Waals surface area contributed by atoms with E-state index in [4.69, 9.17) is 17.0 Å². The predicted molar refractivity (Wildman–Crippen MR) is 128 cm³/mol. The van der Waals surface area contributed by atoms with E-state index < -0.39 is 0 Å². The van der Waals surface area contributed by atoms with E-state index in [9.17, 15) is 14.7 Å². The van der Waals surface area contributed by atoms with Crippen LogP contribution in [0.2, 0.25) is 0 Å². The Balaban J connectivity index is 1.41. The van der Waals surface area contributed by atoms with Crippen LogP contribution < -0.4 is 10.1 Å². The number of carbonyl (C=O) groups excluding carboxylic acids is 2. The maximum atomic E-state index is 12.7. The largest absolute Gasteiger partial charge is 0.508 e. The summed E-state index contributed by atoms with van der Waals surface area (Å²) in [6.45, 7) is 0.546. The highest BCUT2D eigenvalue weighted by Crippen LogP contribution is 2.33. The van der Waals surface area contributed by atoms with Crippen LogP contribution in [-0.2, 0) is 9.59 Å². The minimum absolute atomic E-state index is 0.0706. The molecule has 0 aromatic heterocycles. The van der Waals surface area contributed by atoms with Crippen molar-refractivity contribution in [3.8, 4) is 11.5 Å². The van der Waals surface area contributed by atoms with Crippen molar-refractivity contribution in [3.63, 3.8) is 0 Å². The second kappa shape index (κ2) is 11.0. The van der Waals surface area contributed by atoms with Crippen LogP contribution in [0, 0.1) is 0 Å². The third kappa shape index (κ3) is 6.57. The van der Waals surface area contributed by atoms with Crippen LogP contribution in [0.3, 0.4) is 0 Å². The molecule has 0 saturated carbocycles. The van der Waals surface area contributed by atoms with Gasteiger partial charge in [-0.2, -0.15) is 0 Å². The van der Waals surface area contributed by atoms with Gasteiger partial charge in [-0.25, -0.2) is 0 Å². The number of benzene rings is 2. The summed E-state index contributed by atoms with van der Waals surface area (Å²) in [6.07, 6.45) is 4.55. The van der Waals surface area contributed by atoms with Crippen molar-refractivity contribution in [2.45, 2.75) is 25.7 Å². The number of anilines is 1. The predicted octanol–water partition coefficient (Wildman–Crippen LogP) is 4.80. The van der Waals surface area contributed by atoms with Crippen LogP contribution in [0.1, 0.15) is 31.2 Å². The van der Waals surface area contributed by atoms with E-state index in [2.05, 4.69) is 5.32 Å². The third-order valence-electron chi connectivity index (χ3n) is 4.72. The second-order valence-corrected chi connectivity index (χ2v) is 8.69. The number of amides is 2. The normalized spacial score (nSPS) is 14.9. The Morgan fingerprint density at radius 2 is 1.84 bits per heavy atom. The highest BCUT2D eigenvalue weighted by Gasteiger charge is 2.31. The number of hydrogen-bond acceptors (Lipinski definition) is 6. The molecular formula is C23H24N2O4S2. The van der Waals surface area contributed by atoms with E-state index >= 15 is 0 Å². The van der Waals surface area contributed by atoms with Gasteiger partial charge in [-0.3, -0.25) is 14.5 Å². The molecule has 0 aliphatic carbocycles. The Bertz CT molecular complexity index is 972. The Hall–Kier alpha value is -2.84. The topological polar surface area (TPSA) is 78.9 Å². The van der Waals surface area contributed by atoms with Crippen molar-refractivity contribution in [2.75, 3.05) is 19.0 Å². The minimum atomic E-state index is -0.0732. The minimum Gasteiger partial charge on any atom is -0.508 e. The van der Waals surface area contributed by atoms with Gasteiger partial charge in [-0.05, 0) is 60.9 Å². The first-order valence-corrected chi connectivity index (χ1v) is 11.2. The number of carbonyl (C=O) groups is 2. The van der Waals surface area contributed by atoms with E-state index in [1.165, 1.54) is 23.9 Å². The zero-order chi connectivity index (χ0) is 22.2. The number of methoxy groups -OCH3 is 1. The maximum absolute atomic E-state index is 12.7. The van der Waals surface area contributed by atoms with E-state index in [-0.39, 0.29) is 17.6 Å². The van der Waals surface area contributed by atoms with Gasteiger partial charge in [0.1, 0.15) is 15.8 Å². The van der Waals surface area contributed by atoms with Crippen LogP contribution in [-0.4, -0.2) is 39.8 Å². The van der Waals surface area contributed by atoms with Crippen molar-refractivity contribution in [2.24, 2.45) is 0 Å². The van der Waals surface area contributed by atoms with Crippen molar-refractivity contribution < 1.29 is 19.4 Å². The van der Waals surface area contributed by atoms with Gasteiger partial charge in [0.15, 0.2) is 0 Å². The molecule has 2 aromatic rings. The molecule has 0 bridgehead atoms. The summed E-state index contributed by atoms with van der Waals surface area (Å²) < 4.78 is 5.72. The number of rotatable bonds is 9. The molecule has 3 rings (SSSR count). The SMILES string of the molecule is COc1ccc(C=C2SC(=S)N(CCCCCC(=O)Nc3ccc(O)cc3)C2=O)cc1. The van der Waals surface area contributed by atoms with Crippen LogP contribution in [0.5, 0.6) is 11.5 Å². The number of phenolic OH excluding ortho intramolecular Hbond substituents is 1. The Kier molecular flexibility index (Phi) is 8.08. The quantitative estimate of drug-likeness (QED) is 0.244. The summed E-state index contributed by atoms with van der Waals surface area (Å²) in [4.78, 5) is 26.9. The Labute approximate surface area is 191 Å². The molecule has 1 heterocycles. The monoisotopic (exact) mass is 456 g/mol. The zero-order valence-electron chi connectivity index (χ0n) is 17.2. The highest BCUT2D eigenvalue weighted by atomic mass is 32.2. The van der Waals surface area contributed by atoms with Gasteiger partial charge in [0.2, 0.25) is 5.91 Å². The summed E-state index contributed by atoms with van der Waals surface area (Å²) >= 11 is 6.69. The molecule has 2 N–H and O–H groups in total. The number of unbranched alkanes of at least 4 members (excludes halogenated alkanes) is 2. The zero-order valence-corrected chi connectivity index (χ0v) is 18.8. The number of aromatic hydroxyl groups is 1. The molecule has 0 atom stereocenters. The Morgan fingerprint density at radius 3 is 2.52 bits per heavy atom. The maximum Gasteiger partial charge on any atom is 0.266 e. The molecule has 1 aliphatic rings. The number of hydrogen-bond donors (Lipinski definition) is 2. The van der Waals surface area contributed by atoms with Gasteiger partial charge in [0.05, 0.1) is 12.0 Å². The van der Waals surface area contributed by atoms with E-state index in [0.717, 1.165) is 30.6 Å². The number of nitrogens with one attached hydrogen (secondary N) is 1. The molecule has 1 fully saturated rings. The smallest absolute Gasteiger partial charge is 0.266 e. The van der Waals surface area contributed by atoms with Crippen molar-refractivity contribution >= 4 is 51.9 Å². The van der Waals surface area contributed by atoms with Gasteiger partial charge in [0.25, 0.3) is 5.91 Å². The van der Waals surface area contributed by atoms with Crippen molar-refractivity contribution in [1.82, 2.24) is 4.90 Å². The average Bonchev–Trinajstić information content (AvgIpc) is 3.03. The first-order chi connectivity index (χ1) is 15.0. The molecule has 1 aliphatic heterocycles. The van der Waals surface area contributed by atoms with E-state index in [1.54, 1.807) is 24.1 Å². The molecule has 2 aromatic carbocycles. The highest BCUT2D eigenvalue weighted by molar-refractivity contribution is 8.26. The van der Waals surface area contributed by atoms with Crippen LogP contribution in [0.4, 0.5) is 5.69 Å². The molecule has 1 saturated heterocycles. The summed E-state index contributed by atoms with van der Waals surface area (Å²) in [7, 11) is 1.61. The van der Waals surface area contributed by atoms with Crippen molar-refractivity contribution in [1.29, 1.82) is 0 Å². The fourth-order valence-electron chi connectivity index (χ4n) is 3.04. The van der Waals surface area contributed by atoms with Gasteiger partial charge in [0, 0.05) is 18.7 Å². The molecule has 6 nitrogen and oxygen atoms in total. The molecule has 0 radical (unpaired) electrons. The lowest BCUT2D eigenvalue weighted by Crippen LogP contribution is -2.29. The molecular weight excluding hydrogens is 432 g/mol. The number of thiocarbonyl (C=S) groups is 1. The van der Waals surface area contributed by atoms with Gasteiger partial charge in [-0.1, -0.05) is 42.5 Å². The molecule has 31 heavy (non-hydrogen) atoms. The van der Waals surface area contributed by atoms with E-state index in [0.29, 0.717) is 27.9 Å². The first-order valence-electron chi connectivity index (χ1n) is 9.94. The second-order valence-electron chi connectivity index (χ2n) is 7.01. The number of thioether (sulfide) groups is 1. The van der Waals surface area contributed by atoms with Gasteiger partial charge >= 0.3 is 0 Å². The van der Waals surface area contributed by atoms with Crippen LogP contribution in [0.25, 0.3) is 6.08 Å². The average molecular weight is 457 g/mol. The number of nitrogens with zero attached hydrogens (tertiary/aromatic N) is 1. The summed E-state index contributed by atoms with van der Waals surface area (Å²) in [6, 6.07) is 13.9. The summed E-state index contributed by atoms with van der Waals surface area (Å²) in [5, 5.41) is 12.1. The number of phenols is 1. The standard InChI is InChI=1S/C23H24N2O4S2/c1-29-19-12-6-16(7-13-19)15-20-22(28)25(23(30)31-20)14-4-2-3-5-21(27)24-17-8-10-18(26)11-9-17/h6-13,15,26H,2-5,14H2,1H3,(H,24,27). The molecule has 2 amide bonds. The lowest BCUT2D eigenvalue weighted by Gasteiger charge is -2.14. The number of ether oxygens (including phenoxy) is 1. The fourth-order valence-corrected chi connectivity index (χ4v) is 4.35. The molecule has 162 valence electrons. The molecule has 0 spiro atoms. The molecule has 0 unspecified atom stereocenters. The first kappa shape index (κ1) is 22.8. The lowest BCUT2D eigenvalue weighted by molar-refractivity contribution is -0.122. The van der Waals surface area contributed by atoms with Gasteiger partial charge < -0.3 is 15.2 Å². The van der Waals surface area contributed by atoms with E-state index in [1.807, 2.05) is 30.3 Å². The summed E-state index contributed by atoms with van der Waals surface area (Å²) in [5.74, 6) is 0.781. The fraction of sp³-hybridized carbons (Fsp3) is 0.261. The summed E-state index contributed by atoms with van der Waals surface area (Å²) in [5.41, 5.74) is 1.57. The van der Waals surface area contributed by atoms with Crippen molar-refractivity contribution in [3.05, 3.63) is 59.0 Å². The lowest BCUT2D eigenvalue weighted by atomic mass is 10.1. The van der Waals surface area contributed by atoms with Crippen LogP contribution in [0.15, 0.2) is 53.4 Å². The molecule has 8 heteroatoms. The van der Waals surface area contributed by atoms with Gasteiger partial charge in [-0.15, -0.1) is 0 Å².